The lowest BCUT2D eigenvalue weighted by Crippen LogP contribution is -2.34. The van der Waals surface area contributed by atoms with Gasteiger partial charge in [0.15, 0.2) is 11.5 Å². The van der Waals surface area contributed by atoms with Crippen molar-refractivity contribution in [1.82, 2.24) is 10.6 Å². The Morgan fingerprint density at radius 3 is 2.11 bits per heavy atom. The lowest BCUT2D eigenvalue weighted by atomic mass is 10.1. The lowest BCUT2D eigenvalue weighted by Gasteiger charge is -2.11. The smallest absolute Gasteiger partial charge is 0.251 e. The molecule has 0 saturated carbocycles. The number of nitrogens with one attached hydrogen (secondary N) is 2. The molecule has 0 spiro atoms. The van der Waals surface area contributed by atoms with Crippen LogP contribution in [0.5, 0.6) is 11.5 Å². The van der Waals surface area contributed by atoms with Gasteiger partial charge in [0.25, 0.3) is 11.8 Å². The summed E-state index contributed by atoms with van der Waals surface area (Å²) in [4.78, 5) is 24.2. The maximum atomic E-state index is 13.5. The minimum absolute atomic E-state index is 0.217. The van der Waals surface area contributed by atoms with Crippen LogP contribution in [0.15, 0.2) is 36.4 Å². The molecule has 0 aliphatic carbocycles. The Kier molecular flexibility index (Phi) is 7.16. The molecule has 0 fully saturated rings. The zero-order valence-electron chi connectivity index (χ0n) is 15.6. The van der Waals surface area contributed by atoms with Gasteiger partial charge in [-0.05, 0) is 49.7 Å². The van der Waals surface area contributed by atoms with Gasteiger partial charge in [-0.15, -0.1) is 0 Å². The fourth-order valence-corrected chi connectivity index (χ4v) is 2.37. The highest BCUT2D eigenvalue weighted by Crippen LogP contribution is 2.27. The molecule has 2 amide bonds. The monoisotopic (exact) mass is 374 g/mol. The van der Waals surface area contributed by atoms with Crippen molar-refractivity contribution in [3.05, 3.63) is 58.9 Å². The van der Waals surface area contributed by atoms with Crippen LogP contribution in [-0.4, -0.2) is 38.6 Å². The van der Waals surface area contributed by atoms with Crippen LogP contribution < -0.4 is 20.1 Å². The third kappa shape index (κ3) is 5.44. The van der Waals surface area contributed by atoms with Gasteiger partial charge in [0.05, 0.1) is 13.7 Å². The molecule has 0 aliphatic rings. The Labute approximate surface area is 157 Å². The van der Waals surface area contributed by atoms with Gasteiger partial charge in [0.1, 0.15) is 5.82 Å². The molecule has 0 radical (unpaired) electrons. The summed E-state index contributed by atoms with van der Waals surface area (Å²) in [5.41, 5.74) is 1.13. The predicted molar refractivity (Wildman–Crippen MR) is 100.0 cm³/mol. The molecular formula is C20H23FN2O4. The van der Waals surface area contributed by atoms with Gasteiger partial charge >= 0.3 is 0 Å². The summed E-state index contributed by atoms with van der Waals surface area (Å²) in [5.74, 6) is -0.0911. The van der Waals surface area contributed by atoms with Crippen molar-refractivity contribution in [2.45, 2.75) is 13.8 Å². The Morgan fingerprint density at radius 1 is 0.963 bits per heavy atom. The molecule has 7 heteroatoms. The summed E-state index contributed by atoms with van der Waals surface area (Å²) < 4.78 is 24.1. The van der Waals surface area contributed by atoms with Gasteiger partial charge in [0, 0.05) is 24.2 Å². The standard InChI is InChI=1S/C20H23FN2O4/c1-4-27-17-8-7-15(12-18(17)26-3)20(25)23-10-9-22-19(24)14-6-5-13(2)16(21)11-14/h5-8,11-12H,4,9-10H2,1-3H3,(H,22,24)(H,23,25). The molecular weight excluding hydrogens is 351 g/mol. The molecule has 0 heterocycles. The number of hydrogen-bond acceptors (Lipinski definition) is 4. The first-order valence-electron chi connectivity index (χ1n) is 8.59. The number of aryl methyl sites for hydroxylation is 1. The van der Waals surface area contributed by atoms with Crippen molar-refractivity contribution < 1.29 is 23.5 Å². The quantitative estimate of drug-likeness (QED) is 0.697. The van der Waals surface area contributed by atoms with Crippen molar-refractivity contribution in [3.8, 4) is 11.5 Å². The maximum absolute atomic E-state index is 13.5. The molecule has 144 valence electrons. The largest absolute Gasteiger partial charge is 0.493 e. The highest BCUT2D eigenvalue weighted by Gasteiger charge is 2.11. The van der Waals surface area contributed by atoms with Crippen LogP contribution in [0, 0.1) is 12.7 Å². The van der Waals surface area contributed by atoms with Gasteiger partial charge in [0.2, 0.25) is 0 Å². The molecule has 0 aromatic heterocycles. The fraction of sp³-hybridized carbons (Fsp3) is 0.300. The van der Waals surface area contributed by atoms with Crippen LogP contribution in [0.4, 0.5) is 4.39 Å². The summed E-state index contributed by atoms with van der Waals surface area (Å²) in [6.45, 7) is 4.43. The van der Waals surface area contributed by atoms with Gasteiger partial charge < -0.3 is 20.1 Å². The van der Waals surface area contributed by atoms with Crippen LogP contribution in [0.2, 0.25) is 0 Å². The number of carbonyl (C=O) groups excluding carboxylic acids is 2. The van der Waals surface area contributed by atoms with E-state index < -0.39 is 11.7 Å². The van der Waals surface area contributed by atoms with E-state index in [1.165, 1.54) is 13.2 Å². The average molecular weight is 374 g/mol. The van der Waals surface area contributed by atoms with Crippen molar-refractivity contribution in [1.29, 1.82) is 0 Å². The zero-order chi connectivity index (χ0) is 19.8. The number of ether oxygens (including phenoxy) is 2. The predicted octanol–water partition coefficient (Wildman–Crippen LogP) is 2.70. The number of carbonyl (C=O) groups is 2. The molecule has 2 rings (SSSR count). The van der Waals surface area contributed by atoms with Gasteiger partial charge in [-0.3, -0.25) is 9.59 Å². The van der Waals surface area contributed by atoms with Crippen LogP contribution >= 0.6 is 0 Å². The topological polar surface area (TPSA) is 76.7 Å². The Morgan fingerprint density at radius 2 is 1.56 bits per heavy atom. The molecule has 2 aromatic carbocycles. The molecule has 0 unspecified atom stereocenters. The minimum atomic E-state index is -0.430. The van der Waals surface area contributed by atoms with Crippen molar-refractivity contribution in [3.63, 3.8) is 0 Å². The summed E-state index contributed by atoms with van der Waals surface area (Å²) in [6.07, 6.45) is 0. The number of amides is 2. The second-order valence-electron chi connectivity index (χ2n) is 5.77. The SMILES string of the molecule is CCOc1ccc(C(=O)NCCNC(=O)c2ccc(C)c(F)c2)cc1OC. The van der Waals surface area contributed by atoms with E-state index in [2.05, 4.69) is 10.6 Å². The normalized spacial score (nSPS) is 10.2. The van der Waals surface area contributed by atoms with E-state index in [1.807, 2.05) is 6.92 Å². The van der Waals surface area contributed by atoms with Gasteiger partial charge in [-0.25, -0.2) is 4.39 Å². The maximum Gasteiger partial charge on any atom is 0.251 e. The van der Waals surface area contributed by atoms with E-state index in [9.17, 15) is 14.0 Å². The highest BCUT2D eigenvalue weighted by atomic mass is 19.1. The number of methoxy groups -OCH3 is 1. The third-order valence-corrected chi connectivity index (χ3v) is 3.86. The van der Waals surface area contributed by atoms with E-state index >= 15 is 0 Å². The van der Waals surface area contributed by atoms with Crippen molar-refractivity contribution in [2.75, 3.05) is 26.8 Å². The zero-order valence-corrected chi connectivity index (χ0v) is 15.6. The minimum Gasteiger partial charge on any atom is -0.493 e. The first-order chi connectivity index (χ1) is 13.0. The third-order valence-electron chi connectivity index (χ3n) is 3.86. The van der Waals surface area contributed by atoms with Crippen LogP contribution in [0.3, 0.4) is 0 Å². The Bertz CT molecular complexity index is 824. The van der Waals surface area contributed by atoms with E-state index in [0.29, 0.717) is 29.2 Å². The van der Waals surface area contributed by atoms with E-state index in [-0.39, 0.29) is 24.6 Å². The van der Waals surface area contributed by atoms with Gasteiger partial charge in [-0.2, -0.15) is 0 Å². The summed E-state index contributed by atoms with van der Waals surface area (Å²) in [7, 11) is 1.50. The summed E-state index contributed by atoms with van der Waals surface area (Å²) >= 11 is 0. The molecule has 0 atom stereocenters. The first kappa shape index (κ1) is 20.2. The van der Waals surface area contributed by atoms with E-state index in [0.717, 1.165) is 0 Å². The Balaban J connectivity index is 1.85. The first-order valence-corrected chi connectivity index (χ1v) is 8.59. The van der Waals surface area contributed by atoms with Crippen LogP contribution in [0.1, 0.15) is 33.2 Å². The molecule has 2 aromatic rings. The molecule has 2 N–H and O–H groups in total. The van der Waals surface area contributed by atoms with Crippen LogP contribution in [0.25, 0.3) is 0 Å². The van der Waals surface area contributed by atoms with Crippen LogP contribution in [-0.2, 0) is 0 Å². The average Bonchev–Trinajstić information content (AvgIpc) is 2.67. The molecule has 0 saturated heterocycles. The van der Waals surface area contributed by atoms with E-state index in [1.54, 1.807) is 37.3 Å². The van der Waals surface area contributed by atoms with Crippen molar-refractivity contribution >= 4 is 11.8 Å². The summed E-state index contributed by atoms with van der Waals surface area (Å²) in [6, 6.07) is 9.19. The second kappa shape index (κ2) is 9.56. The van der Waals surface area contributed by atoms with Crippen molar-refractivity contribution in [2.24, 2.45) is 0 Å². The fourth-order valence-electron chi connectivity index (χ4n) is 2.37. The number of rotatable bonds is 8. The molecule has 0 bridgehead atoms. The highest BCUT2D eigenvalue weighted by molar-refractivity contribution is 5.95. The van der Waals surface area contributed by atoms with Gasteiger partial charge in [-0.1, -0.05) is 6.07 Å². The molecule has 0 aliphatic heterocycles. The number of benzene rings is 2. The molecule has 6 nitrogen and oxygen atoms in total. The second-order valence-corrected chi connectivity index (χ2v) is 5.77. The van der Waals surface area contributed by atoms with E-state index in [4.69, 9.17) is 9.47 Å². The number of halogens is 1. The Hall–Kier alpha value is -3.09. The number of hydrogen-bond donors (Lipinski definition) is 2. The molecule has 27 heavy (non-hydrogen) atoms. The summed E-state index contributed by atoms with van der Waals surface area (Å²) in [5, 5.41) is 5.34. The lowest BCUT2D eigenvalue weighted by molar-refractivity contribution is 0.0927.